The monoisotopic (exact) mass is 448 g/mol. The second-order valence-corrected chi connectivity index (χ2v) is 8.48. The van der Waals surface area contributed by atoms with E-state index in [4.69, 9.17) is 4.74 Å². The van der Waals surface area contributed by atoms with Gasteiger partial charge >= 0.3 is 12.1 Å². The average Bonchev–Trinajstić information content (AvgIpc) is 3.15. The van der Waals surface area contributed by atoms with Gasteiger partial charge in [-0.05, 0) is 41.5 Å². The Morgan fingerprint density at radius 1 is 1.06 bits per heavy atom. The highest BCUT2D eigenvalue weighted by Crippen LogP contribution is 2.44. The van der Waals surface area contributed by atoms with E-state index < -0.39 is 24.0 Å². The second-order valence-electron chi connectivity index (χ2n) is 8.48. The van der Waals surface area contributed by atoms with E-state index in [1.54, 1.807) is 19.1 Å². The first-order chi connectivity index (χ1) is 16.0. The minimum absolute atomic E-state index is 0.0580. The van der Waals surface area contributed by atoms with Crippen molar-refractivity contribution >= 4 is 18.0 Å². The number of carboxylic acids is 1. The summed E-state index contributed by atoms with van der Waals surface area (Å²) in [6.07, 6.45) is 4.09. The van der Waals surface area contributed by atoms with Crippen LogP contribution in [-0.2, 0) is 14.3 Å². The molecule has 0 saturated heterocycles. The van der Waals surface area contributed by atoms with Gasteiger partial charge in [-0.15, -0.1) is 0 Å². The topological polar surface area (TPSA) is 105 Å². The van der Waals surface area contributed by atoms with Crippen molar-refractivity contribution in [3.8, 4) is 11.1 Å². The minimum Gasteiger partial charge on any atom is -0.481 e. The SMILES string of the molecule is CC[C@@H](NC(=O)OCC1c2ccccc2-c2ccccc21)C(=O)NC1C=CCC(C(=O)O)C1. The Kier molecular flexibility index (Phi) is 6.77. The molecule has 2 amide bonds. The van der Waals surface area contributed by atoms with Crippen molar-refractivity contribution in [3.05, 3.63) is 71.8 Å². The van der Waals surface area contributed by atoms with Crippen LogP contribution >= 0.6 is 0 Å². The van der Waals surface area contributed by atoms with Crippen molar-refractivity contribution in [1.29, 1.82) is 0 Å². The third kappa shape index (κ3) is 4.92. The minimum atomic E-state index is -0.873. The maximum absolute atomic E-state index is 12.7. The lowest BCUT2D eigenvalue weighted by Crippen LogP contribution is -2.50. The van der Waals surface area contributed by atoms with Crippen LogP contribution in [0.3, 0.4) is 0 Å². The maximum Gasteiger partial charge on any atom is 0.407 e. The van der Waals surface area contributed by atoms with E-state index in [1.165, 1.54) is 0 Å². The third-order valence-corrected chi connectivity index (χ3v) is 6.36. The molecule has 0 bridgehead atoms. The number of carbonyl (C=O) groups is 3. The zero-order chi connectivity index (χ0) is 23.4. The predicted octanol–water partition coefficient (Wildman–Crippen LogP) is 3.84. The molecule has 0 saturated carbocycles. The second kappa shape index (κ2) is 9.90. The zero-order valence-electron chi connectivity index (χ0n) is 18.5. The molecular formula is C26H28N2O5. The van der Waals surface area contributed by atoms with Crippen molar-refractivity contribution in [2.45, 2.75) is 44.2 Å². The van der Waals surface area contributed by atoms with E-state index in [0.29, 0.717) is 19.3 Å². The number of fused-ring (bicyclic) bond motifs is 3. The summed E-state index contributed by atoms with van der Waals surface area (Å²) in [4.78, 5) is 36.4. The molecule has 172 valence electrons. The van der Waals surface area contributed by atoms with Gasteiger partial charge in [-0.1, -0.05) is 67.6 Å². The summed E-state index contributed by atoms with van der Waals surface area (Å²) in [6.45, 7) is 1.97. The number of hydrogen-bond acceptors (Lipinski definition) is 4. The number of alkyl carbamates (subject to hydrolysis) is 1. The van der Waals surface area contributed by atoms with Crippen LogP contribution in [0, 0.1) is 5.92 Å². The fourth-order valence-electron chi connectivity index (χ4n) is 4.62. The molecule has 0 aliphatic heterocycles. The Morgan fingerprint density at radius 2 is 1.70 bits per heavy atom. The summed E-state index contributed by atoms with van der Waals surface area (Å²) in [5.41, 5.74) is 4.53. The summed E-state index contributed by atoms with van der Waals surface area (Å²) >= 11 is 0. The first-order valence-electron chi connectivity index (χ1n) is 11.3. The molecule has 2 aromatic carbocycles. The summed E-state index contributed by atoms with van der Waals surface area (Å²) in [5, 5.41) is 14.7. The quantitative estimate of drug-likeness (QED) is 0.558. The number of nitrogens with one attached hydrogen (secondary N) is 2. The molecule has 3 N–H and O–H groups in total. The van der Waals surface area contributed by atoms with Crippen LogP contribution in [0.1, 0.15) is 43.2 Å². The first kappa shape index (κ1) is 22.6. The zero-order valence-corrected chi connectivity index (χ0v) is 18.5. The van der Waals surface area contributed by atoms with E-state index in [-0.39, 0.29) is 24.5 Å². The molecule has 4 rings (SSSR count). The lowest BCUT2D eigenvalue weighted by Gasteiger charge is -2.25. The molecule has 7 heteroatoms. The molecule has 0 heterocycles. The predicted molar refractivity (Wildman–Crippen MR) is 124 cm³/mol. The Morgan fingerprint density at radius 3 is 2.30 bits per heavy atom. The molecule has 2 aliphatic rings. The number of carbonyl (C=O) groups excluding carboxylic acids is 2. The van der Waals surface area contributed by atoms with Crippen molar-refractivity contribution in [3.63, 3.8) is 0 Å². The van der Waals surface area contributed by atoms with Crippen LogP contribution in [0.5, 0.6) is 0 Å². The number of allylic oxidation sites excluding steroid dienone is 1. The molecular weight excluding hydrogens is 420 g/mol. The van der Waals surface area contributed by atoms with Crippen LogP contribution < -0.4 is 10.6 Å². The van der Waals surface area contributed by atoms with Gasteiger partial charge in [-0.3, -0.25) is 9.59 Å². The lowest BCUT2D eigenvalue weighted by molar-refractivity contribution is -0.142. The van der Waals surface area contributed by atoms with Gasteiger partial charge in [0.25, 0.3) is 0 Å². The normalized spacial score (nSPS) is 19.8. The molecule has 0 fully saturated rings. The Labute approximate surface area is 192 Å². The number of aliphatic carboxylic acids is 1. The largest absolute Gasteiger partial charge is 0.481 e. The van der Waals surface area contributed by atoms with Gasteiger partial charge in [0, 0.05) is 12.0 Å². The van der Waals surface area contributed by atoms with E-state index >= 15 is 0 Å². The van der Waals surface area contributed by atoms with E-state index in [0.717, 1.165) is 22.3 Å². The average molecular weight is 449 g/mol. The smallest absolute Gasteiger partial charge is 0.407 e. The summed E-state index contributed by atoms with van der Waals surface area (Å²) in [5.74, 6) is -1.80. The number of carboxylic acid groups (broad SMARTS) is 1. The van der Waals surface area contributed by atoms with E-state index in [2.05, 4.69) is 22.8 Å². The van der Waals surface area contributed by atoms with Gasteiger partial charge in [0.05, 0.1) is 5.92 Å². The van der Waals surface area contributed by atoms with Gasteiger partial charge in [0.2, 0.25) is 5.91 Å². The molecule has 0 spiro atoms. The number of benzene rings is 2. The van der Waals surface area contributed by atoms with Crippen LogP contribution in [0.2, 0.25) is 0 Å². The molecule has 3 atom stereocenters. The van der Waals surface area contributed by atoms with Gasteiger partial charge in [-0.25, -0.2) is 4.79 Å². The number of hydrogen-bond donors (Lipinski definition) is 3. The summed E-state index contributed by atoms with van der Waals surface area (Å²) in [6, 6.07) is 15.0. The van der Waals surface area contributed by atoms with Crippen LogP contribution in [0.4, 0.5) is 4.79 Å². The van der Waals surface area contributed by atoms with Crippen molar-refractivity contribution in [1.82, 2.24) is 10.6 Å². The molecule has 0 radical (unpaired) electrons. The van der Waals surface area contributed by atoms with Crippen molar-refractivity contribution < 1.29 is 24.2 Å². The van der Waals surface area contributed by atoms with Gasteiger partial charge in [0.15, 0.2) is 0 Å². The van der Waals surface area contributed by atoms with Crippen LogP contribution in [0.15, 0.2) is 60.7 Å². The number of amides is 2. The number of ether oxygens (including phenoxy) is 1. The standard InChI is InChI=1S/C26H28N2O5/c1-2-23(24(29)27-17-9-7-8-16(14-17)25(30)31)28-26(32)33-15-22-20-12-5-3-10-18(20)19-11-4-6-13-21(19)22/h3-7,9-13,16-17,22-23H,2,8,14-15H2,1H3,(H,27,29)(H,28,32)(H,30,31)/t16?,17?,23-/m1/s1. The highest BCUT2D eigenvalue weighted by atomic mass is 16.5. The van der Waals surface area contributed by atoms with E-state index in [9.17, 15) is 19.5 Å². The lowest BCUT2D eigenvalue weighted by atomic mass is 9.91. The summed E-state index contributed by atoms with van der Waals surface area (Å²) in [7, 11) is 0. The van der Waals surface area contributed by atoms with Gasteiger partial charge in [0.1, 0.15) is 12.6 Å². The molecule has 2 aliphatic carbocycles. The molecule has 2 aromatic rings. The number of rotatable bonds is 7. The summed E-state index contributed by atoms with van der Waals surface area (Å²) < 4.78 is 5.54. The Hall–Kier alpha value is -3.61. The van der Waals surface area contributed by atoms with Crippen molar-refractivity contribution in [2.75, 3.05) is 6.61 Å². The molecule has 7 nitrogen and oxygen atoms in total. The van der Waals surface area contributed by atoms with Gasteiger partial charge < -0.3 is 20.5 Å². The fraction of sp³-hybridized carbons (Fsp3) is 0.346. The third-order valence-electron chi connectivity index (χ3n) is 6.36. The van der Waals surface area contributed by atoms with Gasteiger partial charge in [-0.2, -0.15) is 0 Å². The first-order valence-corrected chi connectivity index (χ1v) is 11.3. The molecule has 2 unspecified atom stereocenters. The van der Waals surface area contributed by atoms with Crippen LogP contribution in [-0.4, -0.2) is 41.8 Å². The van der Waals surface area contributed by atoms with Crippen molar-refractivity contribution in [2.24, 2.45) is 5.92 Å². The highest BCUT2D eigenvalue weighted by molar-refractivity contribution is 5.86. The Balaban J connectivity index is 1.34. The maximum atomic E-state index is 12.7. The molecule has 33 heavy (non-hydrogen) atoms. The Bertz CT molecular complexity index is 1030. The fourth-order valence-corrected chi connectivity index (χ4v) is 4.62. The highest BCUT2D eigenvalue weighted by Gasteiger charge is 2.30. The van der Waals surface area contributed by atoms with Crippen LogP contribution in [0.25, 0.3) is 11.1 Å². The van der Waals surface area contributed by atoms with E-state index in [1.807, 2.05) is 36.4 Å². The molecule has 0 aromatic heterocycles.